The third kappa shape index (κ3) is 5.34. The fourth-order valence-corrected chi connectivity index (χ4v) is 5.31. The molecule has 1 saturated heterocycles. The lowest BCUT2D eigenvalue weighted by Gasteiger charge is -2.38. The van der Waals surface area contributed by atoms with Gasteiger partial charge in [-0.05, 0) is 53.4 Å². The molecule has 7 heteroatoms. The second-order valence-corrected chi connectivity index (χ2v) is 10.2. The van der Waals surface area contributed by atoms with Crippen molar-refractivity contribution in [3.05, 3.63) is 59.7 Å². The van der Waals surface area contributed by atoms with Crippen molar-refractivity contribution in [2.45, 2.75) is 58.0 Å². The van der Waals surface area contributed by atoms with Gasteiger partial charge < -0.3 is 20.1 Å². The van der Waals surface area contributed by atoms with Crippen molar-refractivity contribution < 1.29 is 24.2 Å². The Hall–Kier alpha value is -3.35. The van der Waals surface area contributed by atoms with E-state index in [0.29, 0.717) is 19.4 Å². The molecule has 2 amide bonds. The van der Waals surface area contributed by atoms with Crippen LogP contribution in [0.25, 0.3) is 11.1 Å². The van der Waals surface area contributed by atoms with E-state index in [4.69, 9.17) is 4.74 Å². The highest BCUT2D eigenvalue weighted by Gasteiger charge is 2.38. The summed E-state index contributed by atoms with van der Waals surface area (Å²) in [7, 11) is 0. The SMILES string of the molecule is CC(C)C[C@@H](NC(=O)OCC1c2ccccc2-c2ccccc21)C(=O)N1CCC(C)CC1C(=O)O. The zero-order valence-electron chi connectivity index (χ0n) is 20.6. The normalized spacial score (nSPS) is 20.2. The van der Waals surface area contributed by atoms with E-state index in [9.17, 15) is 19.5 Å². The molecule has 1 aliphatic carbocycles. The van der Waals surface area contributed by atoms with Crippen molar-refractivity contribution >= 4 is 18.0 Å². The minimum atomic E-state index is -1.01. The van der Waals surface area contributed by atoms with E-state index in [1.807, 2.05) is 45.0 Å². The number of ether oxygens (including phenoxy) is 1. The number of fused-ring (bicyclic) bond motifs is 3. The number of nitrogens with zero attached hydrogens (tertiary/aromatic N) is 1. The molecule has 2 aromatic rings. The third-order valence-corrected chi connectivity index (χ3v) is 7.07. The van der Waals surface area contributed by atoms with Gasteiger partial charge in [0, 0.05) is 12.5 Å². The Kier molecular flexibility index (Phi) is 7.43. The quantitative estimate of drug-likeness (QED) is 0.604. The average Bonchev–Trinajstić information content (AvgIpc) is 3.15. The summed E-state index contributed by atoms with van der Waals surface area (Å²) >= 11 is 0. The zero-order valence-corrected chi connectivity index (χ0v) is 20.6. The van der Waals surface area contributed by atoms with Crippen molar-refractivity contribution in [1.82, 2.24) is 10.2 Å². The number of carboxylic acids is 1. The minimum Gasteiger partial charge on any atom is -0.480 e. The molecule has 1 fully saturated rings. The van der Waals surface area contributed by atoms with Crippen molar-refractivity contribution in [3.8, 4) is 11.1 Å². The van der Waals surface area contributed by atoms with Crippen LogP contribution in [0, 0.1) is 11.8 Å². The van der Waals surface area contributed by atoms with Gasteiger partial charge in [0.1, 0.15) is 18.7 Å². The minimum absolute atomic E-state index is 0.0765. The van der Waals surface area contributed by atoms with Gasteiger partial charge in [0.15, 0.2) is 0 Å². The maximum Gasteiger partial charge on any atom is 0.407 e. The fraction of sp³-hybridized carbons (Fsp3) is 0.464. The number of alkyl carbamates (subject to hydrolysis) is 1. The Balaban J connectivity index is 1.45. The number of hydrogen-bond donors (Lipinski definition) is 2. The number of carboxylic acid groups (broad SMARTS) is 1. The number of piperidine rings is 1. The van der Waals surface area contributed by atoms with Crippen LogP contribution in [0.15, 0.2) is 48.5 Å². The number of benzene rings is 2. The number of carbonyl (C=O) groups is 3. The second-order valence-electron chi connectivity index (χ2n) is 10.2. The van der Waals surface area contributed by atoms with Gasteiger partial charge in [-0.15, -0.1) is 0 Å². The molecule has 2 unspecified atom stereocenters. The van der Waals surface area contributed by atoms with Crippen LogP contribution in [0.2, 0.25) is 0 Å². The summed E-state index contributed by atoms with van der Waals surface area (Å²) in [6.07, 6.45) is 0.902. The van der Waals surface area contributed by atoms with Crippen LogP contribution < -0.4 is 5.32 Å². The molecule has 0 saturated carbocycles. The average molecular weight is 479 g/mol. The first kappa shape index (κ1) is 24.8. The molecule has 2 N–H and O–H groups in total. The van der Waals surface area contributed by atoms with Gasteiger partial charge in [0.05, 0.1) is 0 Å². The molecule has 2 aromatic carbocycles. The van der Waals surface area contributed by atoms with Crippen molar-refractivity contribution in [2.75, 3.05) is 13.2 Å². The van der Waals surface area contributed by atoms with Crippen LogP contribution in [-0.2, 0) is 14.3 Å². The fourth-order valence-electron chi connectivity index (χ4n) is 5.31. The van der Waals surface area contributed by atoms with E-state index < -0.39 is 24.1 Å². The highest BCUT2D eigenvalue weighted by Crippen LogP contribution is 2.44. The molecule has 35 heavy (non-hydrogen) atoms. The van der Waals surface area contributed by atoms with Gasteiger partial charge in [0.2, 0.25) is 5.91 Å². The maximum atomic E-state index is 13.4. The van der Waals surface area contributed by atoms with Gasteiger partial charge >= 0.3 is 12.1 Å². The zero-order chi connectivity index (χ0) is 25.1. The lowest BCUT2D eigenvalue weighted by Crippen LogP contribution is -2.56. The number of amides is 2. The molecular weight excluding hydrogens is 444 g/mol. The molecule has 4 rings (SSSR count). The van der Waals surface area contributed by atoms with Gasteiger partial charge in [-0.2, -0.15) is 0 Å². The number of nitrogens with one attached hydrogen (secondary N) is 1. The van der Waals surface area contributed by atoms with Crippen molar-refractivity contribution in [3.63, 3.8) is 0 Å². The van der Waals surface area contributed by atoms with E-state index in [-0.39, 0.29) is 30.3 Å². The predicted octanol–water partition coefficient (Wildman–Crippen LogP) is 4.65. The molecule has 0 spiro atoms. The first-order valence-electron chi connectivity index (χ1n) is 12.4. The van der Waals surface area contributed by atoms with Gasteiger partial charge in [0.25, 0.3) is 0 Å². The van der Waals surface area contributed by atoms with Crippen LogP contribution in [0.3, 0.4) is 0 Å². The summed E-state index contributed by atoms with van der Waals surface area (Å²) in [5.74, 6) is -1.07. The smallest absolute Gasteiger partial charge is 0.407 e. The molecule has 7 nitrogen and oxygen atoms in total. The van der Waals surface area contributed by atoms with Crippen molar-refractivity contribution in [1.29, 1.82) is 0 Å². The lowest BCUT2D eigenvalue weighted by molar-refractivity contribution is -0.154. The molecule has 0 aromatic heterocycles. The largest absolute Gasteiger partial charge is 0.480 e. The summed E-state index contributed by atoms with van der Waals surface area (Å²) in [5.41, 5.74) is 4.51. The Labute approximate surface area is 206 Å². The van der Waals surface area contributed by atoms with E-state index >= 15 is 0 Å². The third-order valence-electron chi connectivity index (χ3n) is 7.07. The number of rotatable bonds is 7. The standard InChI is InChI=1S/C28H34N2O5/c1-17(2)14-24(26(31)30-13-12-18(3)15-25(30)27(32)33)29-28(34)35-16-23-21-10-6-4-8-19(21)20-9-5-7-11-22(20)23/h4-11,17-18,23-25H,12-16H2,1-3H3,(H,29,34)(H,32,33)/t18?,24-,25?/m1/s1. The van der Waals surface area contributed by atoms with Crippen LogP contribution in [0.4, 0.5) is 4.79 Å². The van der Waals surface area contributed by atoms with E-state index in [0.717, 1.165) is 28.7 Å². The molecule has 2 aliphatic rings. The van der Waals surface area contributed by atoms with Crippen LogP contribution in [0.1, 0.15) is 57.1 Å². The molecule has 186 valence electrons. The summed E-state index contributed by atoms with van der Waals surface area (Å²) in [5, 5.41) is 12.4. The number of hydrogen-bond acceptors (Lipinski definition) is 4. The molecule has 1 heterocycles. The van der Waals surface area contributed by atoms with E-state index in [2.05, 4.69) is 29.6 Å². The molecule has 1 aliphatic heterocycles. The van der Waals surface area contributed by atoms with Crippen LogP contribution >= 0.6 is 0 Å². The summed E-state index contributed by atoms with van der Waals surface area (Å²) < 4.78 is 5.64. The Morgan fingerprint density at radius 3 is 2.23 bits per heavy atom. The monoisotopic (exact) mass is 478 g/mol. The molecule has 0 radical (unpaired) electrons. The predicted molar refractivity (Wildman–Crippen MR) is 133 cm³/mol. The summed E-state index contributed by atoms with van der Waals surface area (Å²) in [4.78, 5) is 39.5. The summed E-state index contributed by atoms with van der Waals surface area (Å²) in [6.45, 7) is 6.46. The Morgan fingerprint density at radius 2 is 1.66 bits per heavy atom. The van der Waals surface area contributed by atoms with Crippen LogP contribution in [-0.4, -0.2) is 53.2 Å². The number of aliphatic carboxylic acids is 1. The van der Waals surface area contributed by atoms with Crippen molar-refractivity contribution in [2.24, 2.45) is 11.8 Å². The molecule has 0 bridgehead atoms. The molecule has 3 atom stereocenters. The first-order chi connectivity index (χ1) is 16.8. The van der Waals surface area contributed by atoms with Crippen LogP contribution in [0.5, 0.6) is 0 Å². The Morgan fingerprint density at radius 1 is 1.06 bits per heavy atom. The molecular formula is C28H34N2O5. The van der Waals surface area contributed by atoms with E-state index in [1.54, 1.807) is 0 Å². The number of likely N-dealkylation sites (tertiary alicyclic amines) is 1. The lowest BCUT2D eigenvalue weighted by atomic mass is 9.91. The number of carbonyl (C=O) groups excluding carboxylic acids is 2. The maximum absolute atomic E-state index is 13.4. The summed E-state index contributed by atoms with van der Waals surface area (Å²) in [6, 6.07) is 14.5. The van der Waals surface area contributed by atoms with Gasteiger partial charge in [-0.1, -0.05) is 69.3 Å². The first-order valence-corrected chi connectivity index (χ1v) is 12.4. The van der Waals surface area contributed by atoms with Gasteiger partial charge in [-0.25, -0.2) is 9.59 Å². The highest BCUT2D eigenvalue weighted by atomic mass is 16.5. The topological polar surface area (TPSA) is 95.9 Å². The highest BCUT2D eigenvalue weighted by molar-refractivity contribution is 5.89. The van der Waals surface area contributed by atoms with E-state index in [1.165, 1.54) is 4.90 Å². The Bertz CT molecular complexity index is 1050. The second kappa shape index (κ2) is 10.5. The van der Waals surface area contributed by atoms with Gasteiger partial charge in [-0.3, -0.25) is 4.79 Å².